The molecule has 0 aliphatic rings. The van der Waals surface area contributed by atoms with Crippen molar-refractivity contribution < 1.29 is 9.72 Å². The topological polar surface area (TPSA) is 111 Å². The number of non-ortho nitro benzene ring substituents is 1. The minimum Gasteiger partial charge on any atom is -0.322 e. The molecule has 2 aromatic rings. The number of nitrogens with two attached hydrogens (primary N) is 1. The molecule has 1 heterocycles. The maximum absolute atomic E-state index is 11.1. The molecular formula is C12H12N4O3S. The van der Waals surface area contributed by atoms with Gasteiger partial charge in [0, 0.05) is 23.9 Å². The number of thiazole rings is 1. The number of carbonyl (C=O) groups is 1. The van der Waals surface area contributed by atoms with Crippen LogP contribution in [-0.2, 0) is 11.2 Å². The molecule has 0 fully saturated rings. The van der Waals surface area contributed by atoms with Crippen LogP contribution in [0, 0.1) is 10.1 Å². The Kier molecular flexibility index (Phi) is 4.38. The van der Waals surface area contributed by atoms with Crippen LogP contribution in [-0.4, -0.2) is 22.4 Å². The second-order valence-electron chi connectivity index (χ2n) is 4.00. The Morgan fingerprint density at radius 1 is 1.50 bits per heavy atom. The standard InChI is InChI=1S/C12H12N4O3S/c13-6-11(17)15-12-14-9(7-20-12)4-8-2-1-3-10(5-8)16(18)19/h1-3,5,7H,4,6,13H2,(H,14,15,17). The summed E-state index contributed by atoms with van der Waals surface area (Å²) in [6, 6.07) is 6.39. The van der Waals surface area contributed by atoms with Gasteiger partial charge < -0.3 is 11.1 Å². The molecule has 1 aromatic heterocycles. The van der Waals surface area contributed by atoms with E-state index in [-0.39, 0.29) is 18.1 Å². The average Bonchev–Trinajstić information content (AvgIpc) is 2.86. The maximum Gasteiger partial charge on any atom is 0.269 e. The number of amides is 1. The zero-order chi connectivity index (χ0) is 14.5. The van der Waals surface area contributed by atoms with Gasteiger partial charge in [-0.2, -0.15) is 0 Å². The summed E-state index contributed by atoms with van der Waals surface area (Å²) in [6.07, 6.45) is 0.469. The van der Waals surface area contributed by atoms with Crippen LogP contribution in [0.2, 0.25) is 0 Å². The van der Waals surface area contributed by atoms with Crippen LogP contribution in [0.25, 0.3) is 0 Å². The van der Waals surface area contributed by atoms with E-state index < -0.39 is 4.92 Å². The Hall–Kier alpha value is -2.32. The fraction of sp³-hybridized carbons (Fsp3) is 0.167. The minimum atomic E-state index is -0.433. The molecule has 0 saturated heterocycles. The Bertz CT molecular complexity index is 641. The smallest absolute Gasteiger partial charge is 0.269 e. The van der Waals surface area contributed by atoms with Crippen molar-refractivity contribution in [2.24, 2.45) is 5.73 Å². The quantitative estimate of drug-likeness (QED) is 0.641. The van der Waals surface area contributed by atoms with Gasteiger partial charge in [-0.1, -0.05) is 12.1 Å². The van der Waals surface area contributed by atoms with Gasteiger partial charge in [-0.05, 0) is 5.56 Å². The predicted octanol–water partition coefficient (Wildman–Crippen LogP) is 1.54. The molecule has 1 amide bonds. The number of nitro benzene ring substituents is 1. The summed E-state index contributed by atoms with van der Waals surface area (Å²) in [5, 5.41) is 15.5. The normalized spacial score (nSPS) is 10.2. The van der Waals surface area contributed by atoms with Gasteiger partial charge in [0.15, 0.2) is 5.13 Å². The molecule has 2 rings (SSSR count). The van der Waals surface area contributed by atoms with E-state index in [0.717, 1.165) is 11.3 Å². The Morgan fingerprint density at radius 2 is 2.30 bits per heavy atom. The van der Waals surface area contributed by atoms with E-state index in [2.05, 4.69) is 10.3 Å². The lowest BCUT2D eigenvalue weighted by Gasteiger charge is -1.99. The molecule has 0 aliphatic heterocycles. The van der Waals surface area contributed by atoms with Crippen molar-refractivity contribution in [2.75, 3.05) is 11.9 Å². The van der Waals surface area contributed by atoms with Crippen molar-refractivity contribution in [3.05, 3.63) is 51.0 Å². The fourth-order valence-corrected chi connectivity index (χ4v) is 2.33. The SMILES string of the molecule is NCC(=O)Nc1nc(Cc2cccc([N+](=O)[O-])c2)cs1. The molecule has 0 radical (unpaired) electrons. The lowest BCUT2D eigenvalue weighted by atomic mass is 10.1. The van der Waals surface area contributed by atoms with Gasteiger partial charge in [-0.15, -0.1) is 11.3 Å². The first-order valence-electron chi connectivity index (χ1n) is 5.76. The highest BCUT2D eigenvalue weighted by Crippen LogP contribution is 2.20. The van der Waals surface area contributed by atoms with Crippen LogP contribution >= 0.6 is 11.3 Å². The van der Waals surface area contributed by atoms with Gasteiger partial charge in [0.05, 0.1) is 17.2 Å². The largest absolute Gasteiger partial charge is 0.322 e. The number of nitrogens with one attached hydrogen (secondary N) is 1. The number of hydrogen-bond acceptors (Lipinski definition) is 6. The number of anilines is 1. The molecule has 0 bridgehead atoms. The van der Waals surface area contributed by atoms with Gasteiger partial charge in [0.2, 0.25) is 5.91 Å². The summed E-state index contributed by atoms with van der Waals surface area (Å²) in [4.78, 5) is 25.6. The van der Waals surface area contributed by atoms with Crippen LogP contribution in [0.5, 0.6) is 0 Å². The second kappa shape index (κ2) is 6.22. The van der Waals surface area contributed by atoms with E-state index in [1.807, 2.05) is 0 Å². The highest BCUT2D eigenvalue weighted by atomic mass is 32.1. The molecule has 0 saturated carbocycles. The number of benzene rings is 1. The van der Waals surface area contributed by atoms with Crippen molar-refractivity contribution >= 4 is 28.1 Å². The third kappa shape index (κ3) is 3.59. The fourth-order valence-electron chi connectivity index (χ4n) is 1.61. The summed E-state index contributed by atoms with van der Waals surface area (Å²) >= 11 is 1.29. The van der Waals surface area contributed by atoms with Crippen LogP contribution < -0.4 is 11.1 Å². The molecule has 0 spiro atoms. The molecular weight excluding hydrogens is 280 g/mol. The van der Waals surface area contributed by atoms with Gasteiger partial charge >= 0.3 is 0 Å². The van der Waals surface area contributed by atoms with Crippen LogP contribution in [0.3, 0.4) is 0 Å². The Morgan fingerprint density at radius 3 is 3.00 bits per heavy atom. The predicted molar refractivity (Wildman–Crippen MR) is 75.7 cm³/mol. The number of aromatic nitrogens is 1. The highest BCUT2D eigenvalue weighted by molar-refractivity contribution is 7.13. The molecule has 1 aromatic carbocycles. The summed E-state index contributed by atoms with van der Waals surface area (Å²) in [7, 11) is 0. The van der Waals surface area contributed by atoms with Crippen LogP contribution in [0.1, 0.15) is 11.3 Å². The first-order chi connectivity index (χ1) is 9.58. The number of hydrogen-bond donors (Lipinski definition) is 2. The maximum atomic E-state index is 11.1. The number of nitrogens with zero attached hydrogens (tertiary/aromatic N) is 2. The van der Waals surface area contributed by atoms with Crippen LogP contribution in [0.4, 0.5) is 10.8 Å². The lowest BCUT2D eigenvalue weighted by molar-refractivity contribution is -0.384. The summed E-state index contributed by atoms with van der Waals surface area (Å²) in [6.45, 7) is -0.0974. The van der Waals surface area contributed by atoms with E-state index in [1.54, 1.807) is 17.5 Å². The van der Waals surface area contributed by atoms with Crippen molar-refractivity contribution in [1.82, 2.24) is 4.98 Å². The average molecular weight is 292 g/mol. The monoisotopic (exact) mass is 292 g/mol. The molecule has 0 aliphatic carbocycles. The third-order valence-corrected chi connectivity index (χ3v) is 3.30. The van der Waals surface area contributed by atoms with E-state index in [0.29, 0.717) is 11.6 Å². The molecule has 3 N–H and O–H groups in total. The molecule has 8 heteroatoms. The summed E-state index contributed by atoms with van der Waals surface area (Å²) in [5.41, 5.74) is 6.78. The number of nitro groups is 1. The Balaban J connectivity index is 2.08. The highest BCUT2D eigenvalue weighted by Gasteiger charge is 2.09. The second-order valence-corrected chi connectivity index (χ2v) is 4.86. The van der Waals surface area contributed by atoms with Gasteiger partial charge in [0.1, 0.15) is 0 Å². The zero-order valence-electron chi connectivity index (χ0n) is 10.4. The van der Waals surface area contributed by atoms with Gasteiger partial charge in [-0.25, -0.2) is 4.98 Å². The lowest BCUT2D eigenvalue weighted by Crippen LogP contribution is -2.21. The van der Waals surface area contributed by atoms with E-state index in [9.17, 15) is 14.9 Å². The zero-order valence-corrected chi connectivity index (χ0v) is 11.2. The van der Waals surface area contributed by atoms with Crippen molar-refractivity contribution in [1.29, 1.82) is 0 Å². The van der Waals surface area contributed by atoms with Crippen LogP contribution in [0.15, 0.2) is 29.6 Å². The van der Waals surface area contributed by atoms with E-state index in [4.69, 9.17) is 5.73 Å². The number of carbonyl (C=O) groups excluding carboxylic acids is 1. The molecule has 7 nitrogen and oxygen atoms in total. The third-order valence-electron chi connectivity index (χ3n) is 2.49. The summed E-state index contributed by atoms with van der Waals surface area (Å²) < 4.78 is 0. The summed E-state index contributed by atoms with van der Waals surface area (Å²) in [5.74, 6) is -0.304. The number of rotatable bonds is 5. The van der Waals surface area contributed by atoms with Crippen molar-refractivity contribution in [2.45, 2.75) is 6.42 Å². The van der Waals surface area contributed by atoms with Gasteiger partial charge in [-0.3, -0.25) is 14.9 Å². The van der Waals surface area contributed by atoms with E-state index in [1.165, 1.54) is 23.5 Å². The van der Waals surface area contributed by atoms with Crippen molar-refractivity contribution in [3.63, 3.8) is 0 Å². The minimum absolute atomic E-state index is 0.0504. The van der Waals surface area contributed by atoms with Crippen molar-refractivity contribution in [3.8, 4) is 0 Å². The molecule has 0 atom stereocenters. The first-order valence-corrected chi connectivity index (χ1v) is 6.64. The Labute approximate surface area is 118 Å². The molecule has 0 unspecified atom stereocenters. The molecule has 20 heavy (non-hydrogen) atoms. The first kappa shape index (κ1) is 14.1. The van der Waals surface area contributed by atoms with E-state index >= 15 is 0 Å². The molecule has 104 valence electrons. The van der Waals surface area contributed by atoms with Gasteiger partial charge in [0.25, 0.3) is 5.69 Å².